The second kappa shape index (κ2) is 75.7. The Hall–Kier alpha value is -1.94. The van der Waals surface area contributed by atoms with Crippen molar-refractivity contribution in [3.8, 4) is 0 Å². The largest absolute Gasteiger partial charge is 0.472 e. The Kier molecular flexibility index (Phi) is 74.3. The molecule has 0 fully saturated rings. The first-order valence-electron chi connectivity index (χ1n) is 44.8. The maximum Gasteiger partial charge on any atom is 0.472 e. The van der Waals surface area contributed by atoms with Crippen LogP contribution in [0.1, 0.15) is 453 Å². The maximum absolute atomic E-state index is 13.1. The maximum atomic E-state index is 13.1. The van der Waals surface area contributed by atoms with E-state index in [0.717, 1.165) is 114 Å². The average Bonchev–Trinajstić information content (AvgIpc) is 0.907. The van der Waals surface area contributed by atoms with Crippen molar-refractivity contribution in [2.75, 3.05) is 39.6 Å². The molecule has 7 atom stereocenters. The highest BCUT2D eigenvalue weighted by atomic mass is 31.2. The molecule has 630 valence electrons. The van der Waals surface area contributed by atoms with Crippen molar-refractivity contribution >= 4 is 39.5 Å². The molecule has 0 heterocycles. The van der Waals surface area contributed by atoms with Crippen LogP contribution < -0.4 is 0 Å². The van der Waals surface area contributed by atoms with Gasteiger partial charge in [0.25, 0.3) is 0 Å². The van der Waals surface area contributed by atoms with E-state index in [4.69, 9.17) is 37.0 Å². The average molecular weight is 1550 g/mol. The lowest BCUT2D eigenvalue weighted by Gasteiger charge is -2.21. The fraction of sp³-hybridized carbons (Fsp3) is 0.954. The molecular formula is C87H170O17P2. The molecular weight excluding hydrogens is 1380 g/mol. The second-order valence-electron chi connectivity index (χ2n) is 32.7. The van der Waals surface area contributed by atoms with Crippen LogP contribution in [0.5, 0.6) is 0 Å². The third kappa shape index (κ3) is 77.4. The first-order valence-corrected chi connectivity index (χ1v) is 47.8. The Morgan fingerprint density at radius 3 is 0.670 bits per heavy atom. The van der Waals surface area contributed by atoms with E-state index in [-0.39, 0.29) is 25.7 Å². The number of hydrogen-bond acceptors (Lipinski definition) is 15. The molecule has 17 nitrogen and oxygen atoms in total. The number of rotatable bonds is 84. The van der Waals surface area contributed by atoms with Crippen LogP contribution in [-0.2, 0) is 65.4 Å². The lowest BCUT2D eigenvalue weighted by molar-refractivity contribution is -0.161. The lowest BCUT2D eigenvalue weighted by atomic mass is 9.99. The standard InChI is InChI=1S/C87H170O17P2/c1-9-79(7)65-57-49-40-34-28-22-17-19-24-30-36-42-51-59-67-84(89)97-73-82(103-86(91)69-62-54-44-38-32-26-20-18-23-29-35-41-50-58-66-80(8)10-2)75-101-105(93,94)99-71-81(88)72-100-106(95,96)102-76-83(74-98-85(90)68-60-52-46-45-48-56-64-78(5)6)104-87(92)70-61-53-43-37-31-25-16-14-12-11-13-15-21-27-33-39-47-55-63-77(3)4/h77-83,88H,9-76H2,1-8H3,(H,93,94)(H,95,96)/t79?,80?,81?,82-,83-/m1/s1. The highest BCUT2D eigenvalue weighted by Crippen LogP contribution is 2.45. The summed E-state index contributed by atoms with van der Waals surface area (Å²) in [6.07, 6.45) is 65.3. The molecule has 0 bridgehead atoms. The molecule has 0 saturated carbocycles. The molecule has 0 aromatic carbocycles. The van der Waals surface area contributed by atoms with Gasteiger partial charge in [0.1, 0.15) is 19.3 Å². The zero-order valence-corrected chi connectivity index (χ0v) is 71.9. The highest BCUT2D eigenvalue weighted by molar-refractivity contribution is 7.47. The van der Waals surface area contributed by atoms with E-state index < -0.39 is 97.5 Å². The van der Waals surface area contributed by atoms with Crippen LogP contribution in [0.2, 0.25) is 0 Å². The normalized spacial score (nSPS) is 14.4. The highest BCUT2D eigenvalue weighted by Gasteiger charge is 2.31. The van der Waals surface area contributed by atoms with Crippen molar-refractivity contribution < 1.29 is 80.2 Å². The zero-order valence-electron chi connectivity index (χ0n) is 70.1. The SMILES string of the molecule is CCC(C)CCCCCCCCCCCCCCCCC(=O)OC[C@H](COP(=O)(O)OCC(O)COP(=O)(O)OC[C@@H](COC(=O)CCCCCCCCC(C)C)OC(=O)CCCCCCCCCCCCCCCCCCCCC(C)C)OC(=O)CCCCCCCCCCCCCCCCC(C)CC. The summed E-state index contributed by atoms with van der Waals surface area (Å²) in [5.41, 5.74) is 0. The van der Waals surface area contributed by atoms with Gasteiger partial charge in [-0.05, 0) is 49.4 Å². The van der Waals surface area contributed by atoms with Crippen molar-refractivity contribution in [3.05, 3.63) is 0 Å². The van der Waals surface area contributed by atoms with Crippen LogP contribution in [0.15, 0.2) is 0 Å². The molecule has 0 spiro atoms. The molecule has 0 aromatic rings. The van der Waals surface area contributed by atoms with Crippen LogP contribution in [0.4, 0.5) is 0 Å². The Morgan fingerprint density at radius 2 is 0.453 bits per heavy atom. The van der Waals surface area contributed by atoms with E-state index in [2.05, 4.69) is 55.4 Å². The summed E-state index contributed by atoms with van der Waals surface area (Å²) in [7, 11) is -9.93. The quantitative estimate of drug-likeness (QED) is 0.0222. The van der Waals surface area contributed by atoms with Crippen LogP contribution in [-0.4, -0.2) is 96.7 Å². The van der Waals surface area contributed by atoms with Crippen LogP contribution in [0, 0.1) is 23.7 Å². The van der Waals surface area contributed by atoms with Crippen LogP contribution in [0.3, 0.4) is 0 Å². The fourth-order valence-electron chi connectivity index (χ4n) is 13.4. The van der Waals surface area contributed by atoms with E-state index in [1.807, 2.05) is 0 Å². The fourth-order valence-corrected chi connectivity index (χ4v) is 15.0. The minimum absolute atomic E-state index is 0.107. The van der Waals surface area contributed by atoms with Gasteiger partial charge in [0, 0.05) is 25.7 Å². The molecule has 0 aliphatic rings. The minimum atomic E-state index is -4.97. The first kappa shape index (κ1) is 104. The Balaban J connectivity index is 5.20. The van der Waals surface area contributed by atoms with Gasteiger partial charge in [-0.25, -0.2) is 9.13 Å². The van der Waals surface area contributed by atoms with Crippen molar-refractivity contribution in [1.29, 1.82) is 0 Å². The first-order chi connectivity index (χ1) is 51.2. The number of ether oxygens (including phenoxy) is 4. The van der Waals surface area contributed by atoms with Crippen molar-refractivity contribution in [3.63, 3.8) is 0 Å². The third-order valence-electron chi connectivity index (χ3n) is 21.0. The Bertz CT molecular complexity index is 2060. The molecule has 5 unspecified atom stereocenters. The summed E-state index contributed by atoms with van der Waals surface area (Å²) in [4.78, 5) is 73.2. The predicted octanol–water partition coefficient (Wildman–Crippen LogP) is 26.3. The van der Waals surface area contributed by atoms with Crippen molar-refractivity contribution in [2.24, 2.45) is 23.7 Å². The van der Waals surface area contributed by atoms with Crippen LogP contribution in [0.25, 0.3) is 0 Å². The molecule has 3 N–H and O–H groups in total. The number of hydrogen-bond donors (Lipinski definition) is 3. The Labute approximate surface area is 651 Å². The topological polar surface area (TPSA) is 237 Å². The summed E-state index contributed by atoms with van der Waals surface area (Å²) in [6, 6.07) is 0. The number of phosphoric acid groups is 2. The molecule has 0 aromatic heterocycles. The van der Waals surface area contributed by atoms with Crippen molar-refractivity contribution in [2.45, 2.75) is 472 Å². The number of aliphatic hydroxyl groups excluding tert-OH is 1. The van der Waals surface area contributed by atoms with Gasteiger partial charge in [-0.1, -0.05) is 402 Å². The third-order valence-corrected chi connectivity index (χ3v) is 22.9. The molecule has 0 saturated heterocycles. The summed E-state index contributed by atoms with van der Waals surface area (Å²) >= 11 is 0. The van der Waals surface area contributed by atoms with Gasteiger partial charge in [0.05, 0.1) is 26.4 Å². The van der Waals surface area contributed by atoms with Gasteiger partial charge in [-0.15, -0.1) is 0 Å². The van der Waals surface area contributed by atoms with E-state index in [1.54, 1.807) is 0 Å². The molecule has 0 amide bonds. The lowest BCUT2D eigenvalue weighted by Crippen LogP contribution is -2.30. The van der Waals surface area contributed by atoms with E-state index in [0.29, 0.717) is 31.6 Å². The zero-order chi connectivity index (χ0) is 78.1. The molecule has 0 aliphatic heterocycles. The summed E-state index contributed by atoms with van der Waals surface area (Å²) < 4.78 is 68.9. The van der Waals surface area contributed by atoms with E-state index in [9.17, 15) is 43.2 Å². The number of phosphoric ester groups is 2. The number of aliphatic hydroxyl groups is 1. The number of unbranched alkanes of at least 4 members (excludes halogenated alkanes) is 48. The molecule has 106 heavy (non-hydrogen) atoms. The number of esters is 4. The monoisotopic (exact) mass is 1550 g/mol. The van der Waals surface area contributed by atoms with Gasteiger partial charge in [0.15, 0.2) is 12.2 Å². The van der Waals surface area contributed by atoms with Gasteiger partial charge in [0.2, 0.25) is 0 Å². The predicted molar refractivity (Wildman–Crippen MR) is 437 cm³/mol. The van der Waals surface area contributed by atoms with Gasteiger partial charge >= 0.3 is 39.5 Å². The summed E-state index contributed by atoms with van der Waals surface area (Å²) in [5.74, 6) is 1.09. The van der Waals surface area contributed by atoms with Gasteiger partial charge in [-0.2, -0.15) is 0 Å². The smallest absolute Gasteiger partial charge is 0.462 e. The van der Waals surface area contributed by atoms with Crippen molar-refractivity contribution in [1.82, 2.24) is 0 Å². The summed E-state index contributed by atoms with van der Waals surface area (Å²) in [5, 5.41) is 10.7. The second-order valence-corrected chi connectivity index (χ2v) is 35.6. The number of carbonyl (C=O) groups excluding carboxylic acids is 4. The molecule has 0 radical (unpaired) electrons. The Morgan fingerprint density at radius 1 is 0.264 bits per heavy atom. The number of carbonyl (C=O) groups is 4. The summed E-state index contributed by atoms with van der Waals surface area (Å²) in [6.45, 7) is 14.4. The molecule has 0 aliphatic carbocycles. The van der Waals surface area contributed by atoms with E-state index >= 15 is 0 Å². The van der Waals surface area contributed by atoms with Gasteiger partial charge < -0.3 is 33.8 Å². The molecule has 0 rings (SSSR count). The van der Waals surface area contributed by atoms with E-state index in [1.165, 1.54) is 250 Å². The minimum Gasteiger partial charge on any atom is -0.462 e. The van der Waals surface area contributed by atoms with Crippen LogP contribution >= 0.6 is 15.6 Å². The molecule has 19 heteroatoms. The van der Waals surface area contributed by atoms with Gasteiger partial charge in [-0.3, -0.25) is 37.3 Å².